The van der Waals surface area contributed by atoms with E-state index < -0.39 is 17.8 Å². The molecule has 0 spiro atoms. The number of thiophene rings is 1. The Labute approximate surface area is 201 Å². The van der Waals surface area contributed by atoms with Crippen molar-refractivity contribution in [2.24, 2.45) is 5.92 Å². The normalized spacial score (nSPS) is 12.1. The zero-order valence-electron chi connectivity index (χ0n) is 19.0. The topological polar surface area (TPSA) is 80.1 Å². The van der Waals surface area contributed by atoms with E-state index in [1.54, 1.807) is 24.3 Å². The molecule has 0 bridgehead atoms. The highest BCUT2D eigenvalue weighted by molar-refractivity contribution is 7.10. The molecule has 9 heteroatoms. The first-order valence-electron chi connectivity index (χ1n) is 11.1. The number of hydrogen-bond donors (Lipinski definition) is 1. The molecule has 0 aliphatic rings. The van der Waals surface area contributed by atoms with E-state index in [0.717, 1.165) is 6.42 Å². The van der Waals surface area contributed by atoms with E-state index in [0.29, 0.717) is 28.4 Å². The summed E-state index contributed by atoms with van der Waals surface area (Å²) < 4.78 is 16.5. The third-order valence-electron chi connectivity index (χ3n) is 5.43. The van der Waals surface area contributed by atoms with Crippen LogP contribution < -0.4 is 10.2 Å². The fourth-order valence-corrected chi connectivity index (χ4v) is 4.52. The maximum absolute atomic E-state index is 15.0. The van der Waals surface area contributed by atoms with Gasteiger partial charge in [0.1, 0.15) is 23.9 Å². The Balaban J connectivity index is 1.73. The van der Waals surface area contributed by atoms with Crippen molar-refractivity contribution >= 4 is 39.9 Å². The van der Waals surface area contributed by atoms with Crippen molar-refractivity contribution < 1.29 is 14.0 Å². The van der Waals surface area contributed by atoms with Crippen LogP contribution in [0.15, 0.2) is 66.0 Å². The molecule has 2 heterocycles. The van der Waals surface area contributed by atoms with Gasteiger partial charge in [-0.2, -0.15) is 0 Å². The molecule has 2 amide bonds. The lowest BCUT2D eigenvalue weighted by Gasteiger charge is -2.31. The van der Waals surface area contributed by atoms with Crippen LogP contribution in [0, 0.1) is 11.7 Å². The number of amides is 2. The molecule has 0 aliphatic heterocycles. The lowest BCUT2D eigenvalue weighted by molar-refractivity contribution is -0.127. The summed E-state index contributed by atoms with van der Waals surface area (Å²) in [5.41, 5.74) is 1.36. The fourth-order valence-electron chi connectivity index (χ4n) is 3.70. The maximum atomic E-state index is 15.0. The lowest BCUT2D eigenvalue weighted by Crippen LogP contribution is -2.45. The Kier molecular flexibility index (Phi) is 7.32. The Hall–Kier alpha value is -3.59. The Morgan fingerprint density at radius 3 is 2.59 bits per heavy atom. The monoisotopic (exact) mass is 479 g/mol. The largest absolute Gasteiger partial charge is 0.354 e. The highest BCUT2D eigenvalue weighted by Crippen LogP contribution is 2.32. The number of benzene rings is 2. The zero-order valence-corrected chi connectivity index (χ0v) is 19.8. The number of halogens is 1. The summed E-state index contributed by atoms with van der Waals surface area (Å²) in [6.45, 7) is 4.41. The first-order chi connectivity index (χ1) is 16.5. The SMILES string of the molecule is CC(C)CCNC(=O)[C@H](c1cccs1)N(C(=O)Cn1nnc2ccccc21)c1ccccc1F. The number of nitrogens with zero attached hydrogens (tertiary/aromatic N) is 4. The molecule has 0 unspecified atom stereocenters. The molecule has 1 N–H and O–H groups in total. The third-order valence-corrected chi connectivity index (χ3v) is 6.35. The summed E-state index contributed by atoms with van der Waals surface area (Å²) in [6, 6.07) is 15.8. The van der Waals surface area contributed by atoms with Gasteiger partial charge in [-0.05, 0) is 48.1 Å². The van der Waals surface area contributed by atoms with Crippen molar-refractivity contribution in [1.29, 1.82) is 0 Å². The lowest BCUT2D eigenvalue weighted by atomic mass is 10.1. The van der Waals surface area contributed by atoms with Crippen molar-refractivity contribution in [3.8, 4) is 0 Å². The number of carbonyl (C=O) groups excluding carboxylic acids is 2. The van der Waals surface area contributed by atoms with Gasteiger partial charge in [0, 0.05) is 11.4 Å². The second-order valence-corrected chi connectivity index (χ2v) is 9.32. The van der Waals surface area contributed by atoms with E-state index in [1.165, 1.54) is 33.1 Å². The van der Waals surface area contributed by atoms with Gasteiger partial charge in [-0.15, -0.1) is 16.4 Å². The van der Waals surface area contributed by atoms with Gasteiger partial charge < -0.3 is 5.32 Å². The average Bonchev–Trinajstić information content (AvgIpc) is 3.48. The second-order valence-electron chi connectivity index (χ2n) is 8.34. The third kappa shape index (κ3) is 5.14. The molecule has 0 fully saturated rings. The van der Waals surface area contributed by atoms with E-state index in [4.69, 9.17) is 0 Å². The Morgan fingerprint density at radius 2 is 1.85 bits per heavy atom. The highest BCUT2D eigenvalue weighted by Gasteiger charge is 2.35. The van der Waals surface area contributed by atoms with Crippen molar-refractivity contribution in [2.75, 3.05) is 11.4 Å². The van der Waals surface area contributed by atoms with Gasteiger partial charge >= 0.3 is 0 Å². The maximum Gasteiger partial charge on any atom is 0.249 e. The van der Waals surface area contributed by atoms with Gasteiger partial charge in [-0.1, -0.05) is 49.4 Å². The van der Waals surface area contributed by atoms with Crippen LogP contribution in [0.2, 0.25) is 0 Å². The van der Waals surface area contributed by atoms with Crippen LogP contribution >= 0.6 is 11.3 Å². The average molecular weight is 480 g/mol. The Morgan fingerprint density at radius 1 is 1.09 bits per heavy atom. The molecular formula is C25H26FN5O2S. The van der Waals surface area contributed by atoms with Crippen LogP contribution in [0.25, 0.3) is 11.0 Å². The fraction of sp³-hybridized carbons (Fsp3) is 0.280. The molecule has 2 aromatic carbocycles. The van der Waals surface area contributed by atoms with Gasteiger partial charge in [-0.3, -0.25) is 14.5 Å². The number of carbonyl (C=O) groups is 2. The van der Waals surface area contributed by atoms with Gasteiger partial charge in [0.15, 0.2) is 0 Å². The van der Waals surface area contributed by atoms with Crippen molar-refractivity contribution in [3.63, 3.8) is 0 Å². The number of rotatable bonds is 9. The molecule has 4 aromatic rings. The van der Waals surface area contributed by atoms with E-state index in [1.807, 2.05) is 29.6 Å². The summed E-state index contributed by atoms with van der Waals surface area (Å²) in [5.74, 6) is -1.01. The summed E-state index contributed by atoms with van der Waals surface area (Å²) in [7, 11) is 0. The van der Waals surface area contributed by atoms with Gasteiger partial charge in [0.05, 0.1) is 11.2 Å². The number of hydrogen-bond acceptors (Lipinski definition) is 5. The second kappa shape index (κ2) is 10.6. The highest BCUT2D eigenvalue weighted by atomic mass is 32.1. The molecule has 7 nitrogen and oxygen atoms in total. The minimum absolute atomic E-state index is 0.0364. The molecule has 0 aliphatic carbocycles. The molecule has 0 radical (unpaired) electrons. The molecule has 0 saturated carbocycles. The quantitative estimate of drug-likeness (QED) is 0.381. The predicted molar refractivity (Wildman–Crippen MR) is 131 cm³/mol. The summed E-state index contributed by atoms with van der Waals surface area (Å²) >= 11 is 1.34. The number of nitrogens with one attached hydrogen (secondary N) is 1. The number of aromatic nitrogens is 3. The molecule has 0 saturated heterocycles. The van der Waals surface area contributed by atoms with Crippen molar-refractivity contribution in [3.05, 3.63) is 76.7 Å². The first-order valence-corrected chi connectivity index (χ1v) is 12.0. The summed E-state index contributed by atoms with van der Waals surface area (Å²) in [6.07, 6.45) is 0.793. The molecule has 34 heavy (non-hydrogen) atoms. The predicted octanol–water partition coefficient (Wildman–Crippen LogP) is 4.57. The van der Waals surface area contributed by atoms with E-state index in [9.17, 15) is 14.0 Å². The van der Waals surface area contributed by atoms with Crippen LogP contribution in [0.5, 0.6) is 0 Å². The molecule has 176 valence electrons. The van der Waals surface area contributed by atoms with Crippen LogP contribution in [0.1, 0.15) is 31.2 Å². The zero-order chi connectivity index (χ0) is 24.1. The molecule has 1 atom stereocenters. The van der Waals surface area contributed by atoms with Crippen LogP contribution in [-0.2, 0) is 16.1 Å². The minimum Gasteiger partial charge on any atom is -0.354 e. The van der Waals surface area contributed by atoms with Crippen LogP contribution in [0.3, 0.4) is 0 Å². The smallest absolute Gasteiger partial charge is 0.249 e. The van der Waals surface area contributed by atoms with Crippen LogP contribution in [-0.4, -0.2) is 33.4 Å². The van der Waals surface area contributed by atoms with Crippen molar-refractivity contribution in [2.45, 2.75) is 32.9 Å². The van der Waals surface area contributed by atoms with E-state index in [-0.39, 0.29) is 18.1 Å². The molecule has 4 rings (SSSR count). The summed E-state index contributed by atoms with van der Waals surface area (Å²) in [5, 5.41) is 13.0. The van der Waals surface area contributed by atoms with Gasteiger partial charge in [0.2, 0.25) is 11.8 Å². The summed E-state index contributed by atoms with van der Waals surface area (Å²) in [4.78, 5) is 29.0. The standard InChI is InChI=1S/C25H26FN5O2S/c1-17(2)13-14-27-25(33)24(22-12-7-15-34-22)31(20-10-5-3-8-18(20)26)23(32)16-30-21-11-6-4-9-19(21)28-29-30/h3-12,15,17,24H,13-14,16H2,1-2H3,(H,27,33)/t24-/m0/s1. The molecule has 2 aromatic heterocycles. The van der Waals surface area contributed by atoms with E-state index in [2.05, 4.69) is 29.5 Å². The first kappa shape index (κ1) is 23.6. The van der Waals surface area contributed by atoms with Gasteiger partial charge in [0.25, 0.3) is 0 Å². The van der Waals surface area contributed by atoms with Gasteiger partial charge in [-0.25, -0.2) is 9.07 Å². The number of anilines is 1. The minimum atomic E-state index is -1.02. The molecular weight excluding hydrogens is 453 g/mol. The Bertz CT molecular complexity index is 1270. The van der Waals surface area contributed by atoms with Crippen molar-refractivity contribution in [1.82, 2.24) is 20.3 Å². The van der Waals surface area contributed by atoms with E-state index >= 15 is 0 Å². The number of para-hydroxylation sites is 2. The number of fused-ring (bicyclic) bond motifs is 1. The van der Waals surface area contributed by atoms with Crippen LogP contribution in [0.4, 0.5) is 10.1 Å².